The highest BCUT2D eigenvalue weighted by molar-refractivity contribution is 5.80. The SMILES string of the molecule is CCNC(=NCc1c(CC)nn(C)c1CC)NC1CCN(CC(=O)NC)CC1. The van der Waals surface area contributed by atoms with Gasteiger partial charge in [0.25, 0.3) is 0 Å². The monoisotopic (exact) mass is 391 g/mol. The van der Waals surface area contributed by atoms with Crippen LogP contribution in [0.1, 0.15) is 50.6 Å². The van der Waals surface area contributed by atoms with E-state index in [1.165, 1.54) is 11.3 Å². The number of likely N-dealkylation sites (N-methyl/N-ethyl adjacent to an activating group) is 1. The summed E-state index contributed by atoms with van der Waals surface area (Å²) in [5, 5.41) is 14.3. The molecule has 0 aliphatic carbocycles. The van der Waals surface area contributed by atoms with Crippen LogP contribution < -0.4 is 16.0 Å². The summed E-state index contributed by atoms with van der Waals surface area (Å²) in [6.07, 6.45) is 3.90. The van der Waals surface area contributed by atoms with Crippen LogP contribution in [0.15, 0.2) is 4.99 Å². The fourth-order valence-corrected chi connectivity index (χ4v) is 3.76. The second-order valence-corrected chi connectivity index (χ2v) is 7.27. The molecule has 8 nitrogen and oxygen atoms in total. The van der Waals surface area contributed by atoms with Crippen molar-refractivity contribution in [3.8, 4) is 0 Å². The van der Waals surface area contributed by atoms with Gasteiger partial charge < -0.3 is 16.0 Å². The van der Waals surface area contributed by atoms with Crippen LogP contribution in [0.25, 0.3) is 0 Å². The number of guanidine groups is 1. The summed E-state index contributed by atoms with van der Waals surface area (Å²) in [4.78, 5) is 18.6. The van der Waals surface area contributed by atoms with Crippen LogP contribution >= 0.6 is 0 Å². The van der Waals surface area contributed by atoms with Gasteiger partial charge in [0.1, 0.15) is 0 Å². The number of amides is 1. The van der Waals surface area contributed by atoms with E-state index in [0.29, 0.717) is 19.1 Å². The molecule has 0 saturated carbocycles. The molecule has 3 N–H and O–H groups in total. The zero-order valence-electron chi connectivity index (χ0n) is 18.1. The smallest absolute Gasteiger partial charge is 0.233 e. The summed E-state index contributed by atoms with van der Waals surface area (Å²) in [7, 11) is 3.70. The molecule has 1 fully saturated rings. The lowest BCUT2D eigenvalue weighted by Crippen LogP contribution is -2.50. The Morgan fingerprint density at radius 1 is 1.21 bits per heavy atom. The van der Waals surface area contributed by atoms with Crippen molar-refractivity contribution in [3.05, 3.63) is 17.0 Å². The van der Waals surface area contributed by atoms with E-state index in [-0.39, 0.29) is 5.91 Å². The lowest BCUT2D eigenvalue weighted by atomic mass is 10.1. The van der Waals surface area contributed by atoms with Gasteiger partial charge in [-0.2, -0.15) is 5.10 Å². The van der Waals surface area contributed by atoms with Gasteiger partial charge in [-0.05, 0) is 32.6 Å². The molecule has 0 atom stereocenters. The highest BCUT2D eigenvalue weighted by atomic mass is 16.1. The summed E-state index contributed by atoms with van der Waals surface area (Å²) < 4.78 is 1.99. The fraction of sp³-hybridized carbons (Fsp3) is 0.750. The Morgan fingerprint density at radius 2 is 1.93 bits per heavy atom. The van der Waals surface area contributed by atoms with Gasteiger partial charge in [0.2, 0.25) is 5.91 Å². The Labute approximate surface area is 169 Å². The first kappa shape index (κ1) is 22.2. The van der Waals surface area contributed by atoms with Gasteiger partial charge in [0.15, 0.2) is 5.96 Å². The summed E-state index contributed by atoms with van der Waals surface area (Å²) in [6, 6.07) is 0.379. The molecule has 1 saturated heterocycles. The summed E-state index contributed by atoms with van der Waals surface area (Å²) in [5.74, 6) is 0.941. The minimum atomic E-state index is 0.0798. The van der Waals surface area contributed by atoms with Gasteiger partial charge in [0, 0.05) is 51.0 Å². The van der Waals surface area contributed by atoms with Crippen LogP contribution in [-0.4, -0.2) is 65.8 Å². The molecule has 0 radical (unpaired) electrons. The molecule has 1 aromatic rings. The zero-order valence-corrected chi connectivity index (χ0v) is 18.1. The third-order valence-electron chi connectivity index (χ3n) is 5.34. The van der Waals surface area contributed by atoms with Crippen molar-refractivity contribution < 1.29 is 4.79 Å². The van der Waals surface area contributed by atoms with Crippen molar-refractivity contribution in [2.45, 2.75) is 59.0 Å². The number of hydrogen-bond acceptors (Lipinski definition) is 4. The molecule has 0 spiro atoms. The highest BCUT2D eigenvalue weighted by Gasteiger charge is 2.21. The van der Waals surface area contributed by atoms with E-state index in [1.54, 1.807) is 7.05 Å². The summed E-state index contributed by atoms with van der Waals surface area (Å²) in [5.41, 5.74) is 3.66. The topological polar surface area (TPSA) is 86.6 Å². The maximum absolute atomic E-state index is 11.5. The number of aryl methyl sites for hydroxylation is 2. The maximum atomic E-state index is 11.5. The van der Waals surface area contributed by atoms with Crippen molar-refractivity contribution in [2.75, 3.05) is 33.2 Å². The van der Waals surface area contributed by atoms with Crippen molar-refractivity contribution in [2.24, 2.45) is 12.0 Å². The van der Waals surface area contributed by atoms with Crippen LogP contribution in [0.2, 0.25) is 0 Å². The van der Waals surface area contributed by atoms with E-state index < -0.39 is 0 Å². The Balaban J connectivity index is 1.98. The summed E-state index contributed by atoms with van der Waals surface area (Å²) >= 11 is 0. The van der Waals surface area contributed by atoms with Crippen LogP contribution in [-0.2, 0) is 31.2 Å². The normalized spacial score (nSPS) is 16.2. The van der Waals surface area contributed by atoms with E-state index in [1.807, 2.05) is 11.7 Å². The molecule has 0 aromatic carbocycles. The zero-order chi connectivity index (χ0) is 20.5. The van der Waals surface area contributed by atoms with E-state index >= 15 is 0 Å². The number of aromatic nitrogens is 2. The second kappa shape index (κ2) is 11.0. The molecule has 0 bridgehead atoms. The highest BCUT2D eigenvalue weighted by Crippen LogP contribution is 2.17. The third kappa shape index (κ3) is 5.95. The number of rotatable bonds is 8. The average molecular weight is 392 g/mol. The predicted molar refractivity (Wildman–Crippen MR) is 113 cm³/mol. The number of carbonyl (C=O) groups excluding carboxylic acids is 1. The third-order valence-corrected chi connectivity index (χ3v) is 5.34. The molecule has 2 heterocycles. The Bertz CT molecular complexity index is 660. The van der Waals surface area contributed by atoms with Crippen LogP contribution in [0.3, 0.4) is 0 Å². The van der Waals surface area contributed by atoms with Gasteiger partial charge in [-0.1, -0.05) is 13.8 Å². The van der Waals surface area contributed by atoms with Crippen molar-refractivity contribution in [3.63, 3.8) is 0 Å². The Kier molecular flexibility index (Phi) is 8.76. The quantitative estimate of drug-likeness (QED) is 0.451. The lowest BCUT2D eigenvalue weighted by molar-refractivity contribution is -0.122. The van der Waals surface area contributed by atoms with Crippen LogP contribution in [0.4, 0.5) is 0 Å². The van der Waals surface area contributed by atoms with E-state index in [9.17, 15) is 4.79 Å². The summed E-state index contributed by atoms with van der Waals surface area (Å²) in [6.45, 7) is 10.2. The number of nitrogens with zero attached hydrogens (tertiary/aromatic N) is 4. The molecule has 8 heteroatoms. The van der Waals surface area contributed by atoms with Gasteiger partial charge in [-0.3, -0.25) is 14.4 Å². The van der Waals surface area contributed by atoms with Gasteiger partial charge in [-0.15, -0.1) is 0 Å². The first-order chi connectivity index (χ1) is 13.5. The molecular formula is C20H37N7O. The van der Waals surface area contributed by atoms with E-state index in [0.717, 1.165) is 57.0 Å². The minimum Gasteiger partial charge on any atom is -0.358 e. The molecule has 1 aliphatic heterocycles. The van der Waals surface area contributed by atoms with Crippen molar-refractivity contribution >= 4 is 11.9 Å². The lowest BCUT2D eigenvalue weighted by Gasteiger charge is -2.32. The average Bonchev–Trinajstić information content (AvgIpc) is 3.02. The van der Waals surface area contributed by atoms with Crippen molar-refractivity contribution in [1.82, 2.24) is 30.6 Å². The van der Waals surface area contributed by atoms with Crippen molar-refractivity contribution in [1.29, 1.82) is 0 Å². The molecule has 0 unspecified atom stereocenters. The molecule has 1 aromatic heterocycles. The molecule has 1 aliphatic rings. The molecular weight excluding hydrogens is 354 g/mol. The number of carbonyl (C=O) groups is 1. The van der Waals surface area contributed by atoms with Gasteiger partial charge in [-0.25, -0.2) is 4.99 Å². The predicted octanol–water partition coefficient (Wildman–Crippen LogP) is 0.810. The first-order valence-electron chi connectivity index (χ1n) is 10.5. The van der Waals surface area contributed by atoms with E-state index in [4.69, 9.17) is 4.99 Å². The van der Waals surface area contributed by atoms with Crippen LogP contribution in [0, 0.1) is 0 Å². The Morgan fingerprint density at radius 3 is 2.50 bits per heavy atom. The number of piperidine rings is 1. The maximum Gasteiger partial charge on any atom is 0.233 e. The van der Waals surface area contributed by atoms with E-state index in [2.05, 4.69) is 46.7 Å². The number of likely N-dealkylation sites (tertiary alicyclic amines) is 1. The molecule has 158 valence electrons. The second-order valence-electron chi connectivity index (χ2n) is 7.27. The minimum absolute atomic E-state index is 0.0798. The largest absolute Gasteiger partial charge is 0.358 e. The number of hydrogen-bond donors (Lipinski definition) is 3. The standard InChI is InChI=1S/C20H37N7O/c1-6-17-16(18(7-2)26(5)25-17)13-23-20(22-8-3)24-15-9-11-27(12-10-15)14-19(28)21-4/h15H,6-14H2,1-5H3,(H,21,28)(H2,22,23,24). The molecule has 28 heavy (non-hydrogen) atoms. The fourth-order valence-electron chi connectivity index (χ4n) is 3.76. The number of nitrogens with one attached hydrogen (secondary N) is 3. The van der Waals surface area contributed by atoms with Crippen LogP contribution in [0.5, 0.6) is 0 Å². The number of aliphatic imine (C=N–C) groups is 1. The van der Waals surface area contributed by atoms with Gasteiger partial charge in [0.05, 0.1) is 18.8 Å². The Hall–Kier alpha value is -2.09. The first-order valence-corrected chi connectivity index (χ1v) is 10.5. The molecule has 1 amide bonds. The molecule has 2 rings (SSSR count). The van der Waals surface area contributed by atoms with Gasteiger partial charge >= 0.3 is 0 Å².